The van der Waals surface area contributed by atoms with Crippen molar-refractivity contribution in [3.63, 3.8) is 0 Å². The van der Waals surface area contributed by atoms with Gasteiger partial charge in [-0.05, 0) is 25.2 Å². The second kappa shape index (κ2) is 5.03. The van der Waals surface area contributed by atoms with E-state index in [2.05, 4.69) is 25.7 Å². The molecule has 0 aromatic rings. The Balaban J connectivity index is 1.92. The van der Waals surface area contributed by atoms with Gasteiger partial charge in [0.2, 0.25) is 0 Å². The average Bonchev–Trinajstić information content (AvgIpc) is 2.60. The Morgan fingerprint density at radius 2 is 2.00 bits per heavy atom. The van der Waals surface area contributed by atoms with E-state index in [1.165, 1.54) is 13.0 Å². The van der Waals surface area contributed by atoms with Crippen molar-refractivity contribution >= 4 is 0 Å². The predicted octanol–water partition coefficient (Wildman–Crippen LogP) is 1.33. The third-order valence-electron chi connectivity index (χ3n) is 4.44. The van der Waals surface area contributed by atoms with Crippen LogP contribution in [0.25, 0.3) is 0 Å². The number of nitrogens with zero attached hydrogens (tertiary/aromatic N) is 1. The van der Waals surface area contributed by atoms with E-state index in [1.807, 2.05) is 0 Å². The SMILES string of the molecule is CC1CC(C)C(C)N(CC2COCC2N)C1. The van der Waals surface area contributed by atoms with Crippen molar-refractivity contribution in [2.75, 3.05) is 26.3 Å². The highest BCUT2D eigenvalue weighted by Gasteiger charge is 2.33. The lowest BCUT2D eigenvalue weighted by Crippen LogP contribution is -2.49. The molecule has 0 radical (unpaired) electrons. The maximum Gasteiger partial charge on any atom is 0.0621 e. The summed E-state index contributed by atoms with van der Waals surface area (Å²) >= 11 is 0. The number of rotatable bonds is 2. The molecular weight excluding hydrogens is 200 g/mol. The summed E-state index contributed by atoms with van der Waals surface area (Å²) in [5.74, 6) is 2.17. The normalized spacial score (nSPS) is 46.1. The Hall–Kier alpha value is -0.120. The summed E-state index contributed by atoms with van der Waals surface area (Å²) in [5, 5.41) is 0. The molecule has 0 saturated carbocycles. The number of piperidine rings is 1. The van der Waals surface area contributed by atoms with Crippen LogP contribution in [0.2, 0.25) is 0 Å². The molecule has 2 saturated heterocycles. The van der Waals surface area contributed by atoms with Crippen molar-refractivity contribution in [1.29, 1.82) is 0 Å². The van der Waals surface area contributed by atoms with E-state index in [0.29, 0.717) is 12.0 Å². The maximum atomic E-state index is 6.06. The van der Waals surface area contributed by atoms with Gasteiger partial charge in [-0.25, -0.2) is 0 Å². The average molecular weight is 226 g/mol. The molecule has 2 rings (SSSR count). The number of nitrogens with two attached hydrogens (primary N) is 1. The molecule has 0 bridgehead atoms. The van der Waals surface area contributed by atoms with Crippen LogP contribution in [-0.4, -0.2) is 43.3 Å². The first-order valence-corrected chi connectivity index (χ1v) is 6.65. The van der Waals surface area contributed by atoms with E-state index in [4.69, 9.17) is 10.5 Å². The standard InChI is InChI=1S/C13H26N2O/c1-9-4-10(2)11(3)15(5-9)6-12-7-16-8-13(12)14/h9-13H,4-8,14H2,1-3H3. The Morgan fingerprint density at radius 1 is 1.25 bits per heavy atom. The van der Waals surface area contributed by atoms with E-state index < -0.39 is 0 Å². The second-order valence-corrected chi connectivity index (χ2v) is 5.97. The monoisotopic (exact) mass is 226 g/mol. The van der Waals surface area contributed by atoms with Gasteiger partial charge in [0.1, 0.15) is 0 Å². The van der Waals surface area contributed by atoms with E-state index in [9.17, 15) is 0 Å². The van der Waals surface area contributed by atoms with Gasteiger partial charge in [0.05, 0.1) is 13.2 Å². The van der Waals surface area contributed by atoms with Crippen LogP contribution in [0.3, 0.4) is 0 Å². The van der Waals surface area contributed by atoms with Gasteiger partial charge < -0.3 is 10.5 Å². The van der Waals surface area contributed by atoms with Crippen LogP contribution in [0.4, 0.5) is 0 Å². The van der Waals surface area contributed by atoms with Crippen molar-refractivity contribution in [1.82, 2.24) is 4.90 Å². The van der Waals surface area contributed by atoms with Gasteiger partial charge in [-0.3, -0.25) is 4.90 Å². The number of likely N-dealkylation sites (tertiary alicyclic amines) is 1. The summed E-state index contributed by atoms with van der Waals surface area (Å²) < 4.78 is 5.45. The molecule has 3 heteroatoms. The minimum atomic E-state index is 0.250. The predicted molar refractivity (Wildman–Crippen MR) is 66.3 cm³/mol. The van der Waals surface area contributed by atoms with Crippen LogP contribution < -0.4 is 5.73 Å². The molecule has 5 unspecified atom stereocenters. The Kier molecular flexibility index (Phi) is 3.88. The quantitative estimate of drug-likeness (QED) is 0.772. The minimum absolute atomic E-state index is 0.250. The van der Waals surface area contributed by atoms with E-state index in [-0.39, 0.29) is 6.04 Å². The summed E-state index contributed by atoms with van der Waals surface area (Å²) in [6, 6.07) is 0.948. The Bertz CT molecular complexity index is 234. The first kappa shape index (κ1) is 12.3. The third-order valence-corrected chi connectivity index (χ3v) is 4.44. The molecule has 0 aliphatic carbocycles. The van der Waals surface area contributed by atoms with E-state index >= 15 is 0 Å². The number of ether oxygens (including phenoxy) is 1. The van der Waals surface area contributed by atoms with Gasteiger partial charge in [0, 0.05) is 31.1 Å². The molecule has 94 valence electrons. The molecular formula is C13H26N2O. The van der Waals surface area contributed by atoms with Crippen molar-refractivity contribution in [2.45, 2.75) is 39.3 Å². The fourth-order valence-corrected chi connectivity index (χ4v) is 3.18. The minimum Gasteiger partial charge on any atom is -0.379 e. The summed E-state index contributed by atoms with van der Waals surface area (Å²) in [4.78, 5) is 2.62. The smallest absolute Gasteiger partial charge is 0.0621 e. The highest BCUT2D eigenvalue weighted by Crippen LogP contribution is 2.28. The van der Waals surface area contributed by atoms with Gasteiger partial charge >= 0.3 is 0 Å². The zero-order valence-electron chi connectivity index (χ0n) is 10.9. The van der Waals surface area contributed by atoms with Crippen molar-refractivity contribution in [3.05, 3.63) is 0 Å². The van der Waals surface area contributed by atoms with Gasteiger partial charge in [-0.15, -0.1) is 0 Å². The summed E-state index contributed by atoms with van der Waals surface area (Å²) in [6.45, 7) is 11.0. The van der Waals surface area contributed by atoms with Gasteiger partial charge in [-0.1, -0.05) is 13.8 Å². The lowest BCUT2D eigenvalue weighted by Gasteiger charge is -2.42. The zero-order valence-corrected chi connectivity index (χ0v) is 10.9. The fourth-order valence-electron chi connectivity index (χ4n) is 3.18. The molecule has 5 atom stereocenters. The molecule has 0 amide bonds. The summed E-state index contributed by atoms with van der Waals surface area (Å²) in [7, 11) is 0. The fraction of sp³-hybridized carbons (Fsp3) is 1.00. The molecule has 0 aromatic heterocycles. The first-order valence-electron chi connectivity index (χ1n) is 6.65. The Labute approximate surface area is 99.3 Å². The summed E-state index contributed by atoms with van der Waals surface area (Å²) in [5.41, 5.74) is 6.06. The Morgan fingerprint density at radius 3 is 2.62 bits per heavy atom. The molecule has 0 spiro atoms. The van der Waals surface area contributed by atoms with Gasteiger partial charge in [-0.2, -0.15) is 0 Å². The van der Waals surface area contributed by atoms with Crippen molar-refractivity contribution < 1.29 is 4.74 Å². The van der Waals surface area contributed by atoms with Gasteiger partial charge in [0.25, 0.3) is 0 Å². The number of hydrogen-bond donors (Lipinski definition) is 1. The van der Waals surface area contributed by atoms with Crippen LogP contribution in [0.1, 0.15) is 27.2 Å². The van der Waals surface area contributed by atoms with Crippen LogP contribution in [0.15, 0.2) is 0 Å². The highest BCUT2D eigenvalue weighted by atomic mass is 16.5. The largest absolute Gasteiger partial charge is 0.379 e. The molecule has 3 nitrogen and oxygen atoms in total. The highest BCUT2D eigenvalue weighted by molar-refractivity contribution is 4.87. The molecule has 2 heterocycles. The van der Waals surface area contributed by atoms with Crippen LogP contribution in [-0.2, 0) is 4.74 Å². The van der Waals surface area contributed by atoms with Crippen molar-refractivity contribution in [3.8, 4) is 0 Å². The van der Waals surface area contributed by atoms with Crippen molar-refractivity contribution in [2.24, 2.45) is 23.5 Å². The first-order chi connectivity index (χ1) is 7.58. The zero-order chi connectivity index (χ0) is 11.7. The summed E-state index contributed by atoms with van der Waals surface area (Å²) in [6.07, 6.45) is 1.37. The van der Waals surface area contributed by atoms with Gasteiger partial charge in [0.15, 0.2) is 0 Å². The number of hydrogen-bond acceptors (Lipinski definition) is 3. The second-order valence-electron chi connectivity index (χ2n) is 5.97. The lowest BCUT2D eigenvalue weighted by atomic mass is 9.85. The lowest BCUT2D eigenvalue weighted by molar-refractivity contribution is 0.0604. The molecule has 2 N–H and O–H groups in total. The van der Waals surface area contributed by atoms with E-state index in [1.54, 1.807) is 0 Å². The van der Waals surface area contributed by atoms with Crippen LogP contribution in [0.5, 0.6) is 0 Å². The van der Waals surface area contributed by atoms with Crippen LogP contribution >= 0.6 is 0 Å². The molecule has 2 fully saturated rings. The maximum absolute atomic E-state index is 6.06. The molecule has 2 aliphatic heterocycles. The third kappa shape index (κ3) is 2.58. The van der Waals surface area contributed by atoms with Crippen LogP contribution in [0, 0.1) is 17.8 Å². The molecule has 0 aromatic carbocycles. The van der Waals surface area contributed by atoms with E-state index in [0.717, 1.165) is 31.6 Å². The molecule has 16 heavy (non-hydrogen) atoms. The molecule has 2 aliphatic rings. The topological polar surface area (TPSA) is 38.5 Å².